The fourth-order valence-corrected chi connectivity index (χ4v) is 3.86. The van der Waals surface area contributed by atoms with Crippen molar-refractivity contribution >= 4 is 56.5 Å². The molecule has 0 bridgehead atoms. The highest BCUT2D eigenvalue weighted by Gasteiger charge is 2.22. The van der Waals surface area contributed by atoms with Crippen molar-refractivity contribution in [3.05, 3.63) is 83.4 Å². The maximum Gasteiger partial charge on any atom is 0.286 e. The number of aromatic nitrogens is 2. The number of thioether (sulfide) groups is 1. The Kier molecular flexibility index (Phi) is 4.10. The monoisotopic (exact) mass is 382 g/mol. The summed E-state index contributed by atoms with van der Waals surface area (Å²) < 4.78 is 0. The molecular formula is C22H14N4OS. The van der Waals surface area contributed by atoms with Crippen LogP contribution < -0.4 is 5.32 Å². The first-order chi connectivity index (χ1) is 13.7. The number of nitrogens with one attached hydrogen (secondary N) is 1. The van der Waals surface area contributed by atoms with Crippen molar-refractivity contribution in [2.45, 2.75) is 0 Å². The van der Waals surface area contributed by atoms with Gasteiger partial charge in [-0.25, -0.2) is 4.98 Å². The van der Waals surface area contributed by atoms with Crippen molar-refractivity contribution in [3.8, 4) is 0 Å². The van der Waals surface area contributed by atoms with Crippen LogP contribution >= 0.6 is 11.8 Å². The molecule has 1 aliphatic rings. The second-order valence-corrected chi connectivity index (χ2v) is 7.33. The molecule has 0 saturated heterocycles. The van der Waals surface area contributed by atoms with E-state index >= 15 is 0 Å². The molecule has 0 spiro atoms. The minimum atomic E-state index is -0.250. The van der Waals surface area contributed by atoms with E-state index in [-0.39, 0.29) is 5.91 Å². The Bertz CT molecular complexity index is 1300. The van der Waals surface area contributed by atoms with Gasteiger partial charge in [-0.15, -0.1) is 0 Å². The molecule has 4 aromatic rings. The topological polar surface area (TPSA) is 67.2 Å². The van der Waals surface area contributed by atoms with E-state index in [1.807, 2.05) is 72.8 Å². The van der Waals surface area contributed by atoms with Gasteiger partial charge in [-0.3, -0.25) is 9.78 Å². The van der Waals surface area contributed by atoms with Crippen LogP contribution in [0, 0.1) is 0 Å². The number of nitrogens with zero attached hydrogens (tertiary/aromatic N) is 3. The van der Waals surface area contributed by atoms with Gasteiger partial charge in [0.15, 0.2) is 5.17 Å². The maximum atomic E-state index is 12.3. The average molecular weight is 382 g/mol. The Morgan fingerprint density at radius 3 is 2.75 bits per heavy atom. The first-order valence-corrected chi connectivity index (χ1v) is 9.56. The SMILES string of the molecule is O=C1N=C(Nc2ccc3ccccc3n2)SC1=Cc1ccc2ncccc2c1. The minimum Gasteiger partial charge on any atom is -0.319 e. The smallest absolute Gasteiger partial charge is 0.286 e. The Morgan fingerprint density at radius 2 is 1.79 bits per heavy atom. The van der Waals surface area contributed by atoms with Crippen molar-refractivity contribution in [2.75, 3.05) is 5.32 Å². The third-order valence-electron chi connectivity index (χ3n) is 4.38. The number of anilines is 1. The van der Waals surface area contributed by atoms with Crippen LogP contribution in [0.25, 0.3) is 27.9 Å². The molecule has 0 unspecified atom stereocenters. The zero-order valence-corrected chi connectivity index (χ0v) is 15.5. The second kappa shape index (κ2) is 6.90. The van der Waals surface area contributed by atoms with Gasteiger partial charge in [-0.2, -0.15) is 4.99 Å². The predicted octanol–water partition coefficient (Wildman–Crippen LogP) is 4.87. The number of para-hydroxylation sites is 1. The Balaban J connectivity index is 1.37. The summed E-state index contributed by atoms with van der Waals surface area (Å²) in [5.41, 5.74) is 2.76. The molecule has 0 radical (unpaired) electrons. The van der Waals surface area contributed by atoms with Crippen LogP contribution in [0.15, 0.2) is 82.8 Å². The lowest BCUT2D eigenvalue weighted by atomic mass is 10.1. The molecule has 5 rings (SSSR count). The molecule has 0 atom stereocenters. The van der Waals surface area contributed by atoms with Crippen LogP contribution in [-0.2, 0) is 4.79 Å². The van der Waals surface area contributed by atoms with E-state index in [0.29, 0.717) is 15.9 Å². The fourth-order valence-electron chi connectivity index (χ4n) is 3.04. The summed E-state index contributed by atoms with van der Waals surface area (Å²) in [6.45, 7) is 0. The number of carbonyl (C=O) groups is 1. The van der Waals surface area contributed by atoms with Gasteiger partial charge in [-0.05, 0) is 59.8 Å². The standard InChI is InChI=1S/C22H14N4OS/c27-21-19(13-14-7-9-17-16(12-14)5-3-11-23-17)28-22(26-21)25-20-10-8-15-4-1-2-6-18(15)24-20/h1-13H,(H,24,25,26,27). The van der Waals surface area contributed by atoms with Crippen LogP contribution in [0.4, 0.5) is 5.82 Å². The number of carbonyl (C=O) groups excluding carboxylic acids is 1. The van der Waals surface area contributed by atoms with Crippen LogP contribution in [-0.4, -0.2) is 21.0 Å². The number of hydrogen-bond acceptors (Lipinski definition) is 5. The summed E-state index contributed by atoms with van der Waals surface area (Å²) in [5, 5.41) is 5.77. The lowest BCUT2D eigenvalue weighted by Crippen LogP contribution is -2.06. The van der Waals surface area contributed by atoms with Gasteiger partial charge in [0.05, 0.1) is 15.9 Å². The number of aliphatic imine (C=N–C) groups is 1. The number of amides is 1. The highest BCUT2D eigenvalue weighted by atomic mass is 32.2. The fraction of sp³-hybridized carbons (Fsp3) is 0. The highest BCUT2D eigenvalue weighted by Crippen LogP contribution is 2.30. The first-order valence-electron chi connectivity index (χ1n) is 8.75. The quantitative estimate of drug-likeness (QED) is 0.501. The molecule has 5 nitrogen and oxygen atoms in total. The zero-order chi connectivity index (χ0) is 18.9. The Labute approximate surface area is 165 Å². The van der Waals surface area contributed by atoms with Crippen molar-refractivity contribution in [3.63, 3.8) is 0 Å². The summed E-state index contributed by atoms with van der Waals surface area (Å²) in [5.74, 6) is 0.412. The summed E-state index contributed by atoms with van der Waals surface area (Å²) >= 11 is 1.31. The molecule has 6 heteroatoms. The van der Waals surface area contributed by atoms with Crippen LogP contribution in [0.2, 0.25) is 0 Å². The maximum absolute atomic E-state index is 12.3. The second-order valence-electron chi connectivity index (χ2n) is 6.30. The van der Waals surface area contributed by atoms with Crippen molar-refractivity contribution in [1.82, 2.24) is 9.97 Å². The summed E-state index contributed by atoms with van der Waals surface area (Å²) in [6.07, 6.45) is 3.62. The normalized spacial score (nSPS) is 15.4. The van der Waals surface area contributed by atoms with E-state index in [1.165, 1.54) is 11.8 Å². The Hall–Kier alpha value is -3.51. The molecule has 0 aliphatic carbocycles. The third-order valence-corrected chi connectivity index (χ3v) is 5.28. The van der Waals surface area contributed by atoms with Crippen molar-refractivity contribution in [2.24, 2.45) is 4.99 Å². The molecule has 3 heterocycles. The van der Waals surface area contributed by atoms with Crippen LogP contribution in [0.5, 0.6) is 0 Å². The van der Waals surface area contributed by atoms with Crippen LogP contribution in [0.3, 0.4) is 0 Å². The zero-order valence-electron chi connectivity index (χ0n) is 14.7. The average Bonchev–Trinajstić information content (AvgIpc) is 3.06. The molecule has 0 saturated carbocycles. The molecule has 1 aliphatic heterocycles. The van der Waals surface area contributed by atoms with Gasteiger partial charge < -0.3 is 5.32 Å². The number of rotatable bonds is 2. The lowest BCUT2D eigenvalue weighted by Gasteiger charge is -2.05. The lowest BCUT2D eigenvalue weighted by molar-refractivity contribution is -0.113. The molecule has 2 aromatic heterocycles. The van der Waals surface area contributed by atoms with Gasteiger partial charge >= 0.3 is 0 Å². The molecule has 134 valence electrons. The van der Waals surface area contributed by atoms with E-state index in [9.17, 15) is 4.79 Å². The van der Waals surface area contributed by atoms with Crippen molar-refractivity contribution in [1.29, 1.82) is 0 Å². The largest absolute Gasteiger partial charge is 0.319 e. The molecule has 1 amide bonds. The van der Waals surface area contributed by atoms with E-state index in [1.54, 1.807) is 6.20 Å². The molecule has 0 fully saturated rings. The van der Waals surface area contributed by atoms with Gasteiger partial charge in [0.25, 0.3) is 5.91 Å². The van der Waals surface area contributed by atoms with Crippen LogP contribution in [0.1, 0.15) is 5.56 Å². The number of amidine groups is 1. The van der Waals surface area contributed by atoms with E-state index in [4.69, 9.17) is 0 Å². The molecule has 28 heavy (non-hydrogen) atoms. The number of fused-ring (bicyclic) bond motifs is 2. The van der Waals surface area contributed by atoms with Gasteiger partial charge in [0, 0.05) is 17.0 Å². The molecule has 2 aromatic carbocycles. The third kappa shape index (κ3) is 3.25. The van der Waals surface area contributed by atoms with Crippen molar-refractivity contribution < 1.29 is 4.79 Å². The summed E-state index contributed by atoms with van der Waals surface area (Å²) in [4.78, 5) is 25.9. The first kappa shape index (κ1) is 16.6. The van der Waals surface area contributed by atoms with E-state index < -0.39 is 0 Å². The van der Waals surface area contributed by atoms with Gasteiger partial charge in [0.2, 0.25) is 0 Å². The van der Waals surface area contributed by atoms with Gasteiger partial charge in [-0.1, -0.05) is 30.3 Å². The number of pyridine rings is 2. The summed E-state index contributed by atoms with van der Waals surface area (Å²) in [7, 11) is 0. The number of benzene rings is 2. The molecular weight excluding hydrogens is 368 g/mol. The molecule has 1 N–H and O–H groups in total. The summed E-state index contributed by atoms with van der Waals surface area (Å²) in [6, 6.07) is 21.6. The number of hydrogen-bond donors (Lipinski definition) is 1. The van der Waals surface area contributed by atoms with E-state index in [0.717, 1.165) is 27.4 Å². The van der Waals surface area contributed by atoms with Gasteiger partial charge in [0.1, 0.15) is 5.82 Å². The Morgan fingerprint density at radius 1 is 0.893 bits per heavy atom. The minimum absolute atomic E-state index is 0.250. The highest BCUT2D eigenvalue weighted by molar-refractivity contribution is 8.18. The predicted molar refractivity (Wildman–Crippen MR) is 115 cm³/mol. The van der Waals surface area contributed by atoms with E-state index in [2.05, 4.69) is 20.3 Å².